The van der Waals surface area contributed by atoms with E-state index in [0.29, 0.717) is 23.6 Å². The topological polar surface area (TPSA) is 46.2 Å². The van der Waals surface area contributed by atoms with Crippen LogP contribution in [0.25, 0.3) is 0 Å². The van der Waals surface area contributed by atoms with Gasteiger partial charge in [0.1, 0.15) is 10.0 Å². The molecule has 2 rings (SSSR count). The van der Waals surface area contributed by atoms with Gasteiger partial charge in [-0.1, -0.05) is 12.1 Å². The lowest BCUT2D eigenvalue weighted by atomic mass is 10.1. The minimum absolute atomic E-state index is 0.266. The zero-order chi connectivity index (χ0) is 14.6. The number of hydrogen-bond acceptors (Lipinski definition) is 3. The Labute approximate surface area is 130 Å². The van der Waals surface area contributed by atoms with Crippen molar-refractivity contribution in [1.29, 1.82) is 0 Å². The van der Waals surface area contributed by atoms with Crippen molar-refractivity contribution in [3.63, 3.8) is 0 Å². The predicted molar refractivity (Wildman–Crippen MR) is 81.9 cm³/mol. The number of rotatable bonds is 6. The van der Waals surface area contributed by atoms with Gasteiger partial charge in [0, 0.05) is 6.54 Å². The first-order valence-corrected chi connectivity index (χ1v) is 9.06. The average Bonchev–Trinajstić information content (AvgIpc) is 2.84. The minimum atomic E-state index is -3.42. The number of hydrogen-bond donors (Lipinski definition) is 1. The lowest BCUT2D eigenvalue weighted by Crippen LogP contribution is -2.24. The summed E-state index contributed by atoms with van der Waals surface area (Å²) in [6, 6.07) is 9.50. The van der Waals surface area contributed by atoms with Crippen molar-refractivity contribution >= 4 is 37.3 Å². The number of nitrogens with one attached hydrogen (secondary N) is 1. The largest absolute Gasteiger partial charge is 0.250 e. The standard InChI is InChI=1S/C13H13BrFNO2S2/c14-12-7-8-13(19-12)20(17,18)16-9-1-2-10-3-5-11(15)6-4-10/h3-8,16H,1-2,9H2. The summed E-state index contributed by atoms with van der Waals surface area (Å²) in [6.07, 6.45) is 1.37. The molecule has 3 nitrogen and oxygen atoms in total. The highest BCUT2D eigenvalue weighted by Crippen LogP contribution is 2.25. The lowest BCUT2D eigenvalue weighted by molar-refractivity contribution is 0.581. The molecule has 0 aliphatic carbocycles. The third kappa shape index (κ3) is 4.37. The fourth-order valence-electron chi connectivity index (χ4n) is 1.66. The van der Waals surface area contributed by atoms with Crippen LogP contribution in [0.4, 0.5) is 4.39 Å². The SMILES string of the molecule is O=S(=O)(NCCCc1ccc(F)cc1)c1ccc(Br)s1. The van der Waals surface area contributed by atoms with E-state index in [1.165, 1.54) is 23.5 Å². The molecule has 0 saturated heterocycles. The van der Waals surface area contributed by atoms with Crippen molar-refractivity contribution in [2.24, 2.45) is 0 Å². The second kappa shape index (κ2) is 6.80. The molecule has 7 heteroatoms. The van der Waals surface area contributed by atoms with E-state index in [0.717, 1.165) is 9.35 Å². The van der Waals surface area contributed by atoms with Crippen LogP contribution in [0.2, 0.25) is 0 Å². The molecule has 20 heavy (non-hydrogen) atoms. The van der Waals surface area contributed by atoms with Crippen LogP contribution in [0, 0.1) is 5.82 Å². The smallest absolute Gasteiger partial charge is 0.210 e. The maximum atomic E-state index is 12.7. The van der Waals surface area contributed by atoms with Crippen LogP contribution >= 0.6 is 27.3 Å². The van der Waals surface area contributed by atoms with Gasteiger partial charge in [0.2, 0.25) is 10.0 Å². The van der Waals surface area contributed by atoms with Crippen LogP contribution in [-0.2, 0) is 16.4 Å². The molecule has 2 aromatic rings. The molecule has 1 aromatic heterocycles. The van der Waals surface area contributed by atoms with E-state index in [1.54, 1.807) is 24.3 Å². The van der Waals surface area contributed by atoms with E-state index in [4.69, 9.17) is 0 Å². The number of aryl methyl sites for hydroxylation is 1. The Kier molecular flexibility index (Phi) is 5.31. The van der Waals surface area contributed by atoms with Gasteiger partial charge in [-0.25, -0.2) is 17.5 Å². The third-order valence-electron chi connectivity index (χ3n) is 2.66. The summed E-state index contributed by atoms with van der Waals surface area (Å²) in [6.45, 7) is 0.356. The van der Waals surface area contributed by atoms with Gasteiger partial charge in [-0.3, -0.25) is 0 Å². The monoisotopic (exact) mass is 377 g/mol. The van der Waals surface area contributed by atoms with Crippen molar-refractivity contribution < 1.29 is 12.8 Å². The molecule has 1 aromatic carbocycles. The van der Waals surface area contributed by atoms with Crippen LogP contribution in [0.15, 0.2) is 44.4 Å². The van der Waals surface area contributed by atoms with Gasteiger partial charge in [0.05, 0.1) is 3.79 Å². The molecule has 108 valence electrons. The summed E-state index contributed by atoms with van der Waals surface area (Å²) in [5.41, 5.74) is 0.990. The van der Waals surface area contributed by atoms with E-state index < -0.39 is 10.0 Å². The fraction of sp³-hybridized carbons (Fsp3) is 0.231. The normalized spacial score (nSPS) is 11.7. The molecule has 0 aliphatic rings. The van der Waals surface area contributed by atoms with E-state index in [2.05, 4.69) is 20.7 Å². The Morgan fingerprint density at radius 1 is 1.15 bits per heavy atom. The molecule has 1 heterocycles. The molecule has 0 fully saturated rings. The van der Waals surface area contributed by atoms with E-state index >= 15 is 0 Å². The summed E-state index contributed by atoms with van der Waals surface area (Å²) in [7, 11) is -3.42. The Balaban J connectivity index is 1.82. The lowest BCUT2D eigenvalue weighted by Gasteiger charge is -2.05. The van der Waals surface area contributed by atoms with Crippen molar-refractivity contribution in [1.82, 2.24) is 4.72 Å². The molecule has 1 N–H and O–H groups in total. The molecule has 0 atom stereocenters. The number of halogens is 2. The summed E-state index contributed by atoms with van der Waals surface area (Å²) < 4.78 is 40.2. The minimum Gasteiger partial charge on any atom is -0.210 e. The van der Waals surface area contributed by atoms with Crippen molar-refractivity contribution in [3.05, 3.63) is 51.6 Å². The number of benzene rings is 1. The Morgan fingerprint density at radius 2 is 1.85 bits per heavy atom. The van der Waals surface area contributed by atoms with Gasteiger partial charge < -0.3 is 0 Å². The molecule has 0 spiro atoms. The third-order valence-corrected chi connectivity index (χ3v) is 6.24. The second-order valence-corrected chi connectivity index (χ2v) is 8.64. The van der Waals surface area contributed by atoms with Crippen LogP contribution < -0.4 is 4.72 Å². The van der Waals surface area contributed by atoms with Crippen LogP contribution in [0.5, 0.6) is 0 Å². The molecular weight excluding hydrogens is 365 g/mol. The maximum Gasteiger partial charge on any atom is 0.250 e. The van der Waals surface area contributed by atoms with E-state index in [1.807, 2.05) is 0 Å². The second-order valence-electron chi connectivity index (χ2n) is 4.19. The number of sulfonamides is 1. The van der Waals surface area contributed by atoms with E-state index in [9.17, 15) is 12.8 Å². The highest BCUT2D eigenvalue weighted by Gasteiger charge is 2.15. The molecule has 0 unspecified atom stereocenters. The first-order valence-electron chi connectivity index (χ1n) is 5.97. The fourth-order valence-corrected chi connectivity index (χ4v) is 4.79. The quantitative estimate of drug-likeness (QED) is 0.782. The molecule has 0 saturated carbocycles. The molecule has 0 radical (unpaired) electrons. The zero-order valence-electron chi connectivity index (χ0n) is 10.5. The van der Waals surface area contributed by atoms with Crippen molar-refractivity contribution in [3.8, 4) is 0 Å². The summed E-state index contributed by atoms with van der Waals surface area (Å²) >= 11 is 4.41. The molecular formula is C13H13BrFNO2S2. The molecule has 0 bridgehead atoms. The Bertz CT molecular complexity index is 668. The van der Waals surface area contributed by atoms with Crippen LogP contribution in [-0.4, -0.2) is 15.0 Å². The number of thiophene rings is 1. The summed E-state index contributed by atoms with van der Waals surface area (Å²) in [5, 5.41) is 0. The van der Waals surface area contributed by atoms with Gasteiger partial charge in [-0.05, 0) is 58.6 Å². The van der Waals surface area contributed by atoms with Gasteiger partial charge in [-0.2, -0.15) is 0 Å². The van der Waals surface area contributed by atoms with Gasteiger partial charge in [-0.15, -0.1) is 11.3 Å². The van der Waals surface area contributed by atoms with E-state index in [-0.39, 0.29) is 5.82 Å². The van der Waals surface area contributed by atoms with Gasteiger partial charge >= 0.3 is 0 Å². The van der Waals surface area contributed by atoms with Crippen molar-refractivity contribution in [2.45, 2.75) is 17.1 Å². The first-order chi connectivity index (χ1) is 9.47. The van der Waals surface area contributed by atoms with Gasteiger partial charge in [0.25, 0.3) is 0 Å². The summed E-state index contributed by atoms with van der Waals surface area (Å²) in [5.74, 6) is -0.266. The highest BCUT2D eigenvalue weighted by molar-refractivity contribution is 9.11. The van der Waals surface area contributed by atoms with Crippen LogP contribution in [0.1, 0.15) is 12.0 Å². The predicted octanol–water partition coefficient (Wildman–Crippen LogP) is 3.56. The Hall–Kier alpha value is -0.760. The molecule has 0 aliphatic heterocycles. The molecule has 0 amide bonds. The summed E-state index contributed by atoms with van der Waals surface area (Å²) in [4.78, 5) is 0. The highest BCUT2D eigenvalue weighted by atomic mass is 79.9. The van der Waals surface area contributed by atoms with Gasteiger partial charge in [0.15, 0.2) is 0 Å². The first kappa shape index (κ1) is 15.6. The van der Waals surface area contributed by atoms with Crippen molar-refractivity contribution in [2.75, 3.05) is 6.54 Å². The van der Waals surface area contributed by atoms with Crippen LogP contribution in [0.3, 0.4) is 0 Å². The zero-order valence-corrected chi connectivity index (χ0v) is 13.7. The Morgan fingerprint density at radius 3 is 2.45 bits per heavy atom. The maximum absolute atomic E-state index is 12.7. The average molecular weight is 378 g/mol.